The van der Waals surface area contributed by atoms with Crippen LogP contribution in [0.1, 0.15) is 12.8 Å². The lowest BCUT2D eigenvalue weighted by Gasteiger charge is -2.29. The number of benzene rings is 1. The van der Waals surface area contributed by atoms with Crippen LogP contribution >= 0.6 is 0 Å². The number of carbonyl (C=O) groups excluding carboxylic acids is 1. The smallest absolute Gasteiger partial charge is 0.211 e. The molecule has 1 saturated heterocycles. The Balaban J connectivity index is 2.27. The molecule has 1 heterocycles. The minimum absolute atomic E-state index is 0.0803. The molecule has 0 spiro atoms. The van der Waals surface area contributed by atoms with Crippen LogP contribution < -0.4 is 0 Å². The summed E-state index contributed by atoms with van der Waals surface area (Å²) in [6, 6.07) is 4.52. The van der Waals surface area contributed by atoms with Crippen LogP contribution in [0.5, 0.6) is 0 Å². The number of hydrogen-bond donors (Lipinski definition) is 0. The van der Waals surface area contributed by atoms with Crippen LogP contribution in [0.3, 0.4) is 0 Å². The molecule has 1 aromatic carbocycles. The first kappa shape index (κ1) is 13.9. The van der Waals surface area contributed by atoms with Crippen LogP contribution in [-0.2, 0) is 14.8 Å². The number of hydrogen-bond acceptors (Lipinski definition) is 4. The number of aliphatic imine (C=N–C) groups is 1. The molecule has 0 aromatic heterocycles. The molecule has 1 atom stereocenters. The fraction of sp³-hybridized carbons (Fsp3) is 0.417. The van der Waals surface area contributed by atoms with Crippen molar-refractivity contribution in [1.82, 2.24) is 4.31 Å². The fourth-order valence-electron chi connectivity index (χ4n) is 2.10. The van der Waals surface area contributed by atoms with Crippen molar-refractivity contribution in [3.8, 4) is 0 Å². The van der Waals surface area contributed by atoms with Crippen LogP contribution in [-0.4, -0.2) is 37.9 Å². The van der Waals surface area contributed by atoms with Crippen LogP contribution in [0.2, 0.25) is 0 Å². The van der Waals surface area contributed by atoms with Gasteiger partial charge in [-0.25, -0.2) is 22.6 Å². The highest BCUT2D eigenvalue weighted by atomic mass is 32.2. The molecular formula is C12H13FN2O3S. The van der Waals surface area contributed by atoms with Gasteiger partial charge >= 0.3 is 0 Å². The van der Waals surface area contributed by atoms with E-state index in [0.717, 1.165) is 6.07 Å². The molecule has 0 N–H and O–H groups in total. The monoisotopic (exact) mass is 284 g/mol. The zero-order chi connectivity index (χ0) is 13.9. The summed E-state index contributed by atoms with van der Waals surface area (Å²) in [4.78, 5) is 13.7. The van der Waals surface area contributed by atoms with Crippen molar-refractivity contribution < 1.29 is 17.6 Å². The first-order chi connectivity index (χ1) is 9.04. The first-order valence-corrected chi connectivity index (χ1v) is 7.31. The van der Waals surface area contributed by atoms with Gasteiger partial charge in [0.1, 0.15) is 5.82 Å². The van der Waals surface area contributed by atoms with Gasteiger partial charge in [-0.15, -0.1) is 0 Å². The molecule has 0 aliphatic carbocycles. The third kappa shape index (κ3) is 3.07. The van der Waals surface area contributed by atoms with Gasteiger partial charge in [0.2, 0.25) is 16.1 Å². The molecular weight excluding hydrogens is 271 g/mol. The Morgan fingerprint density at radius 3 is 2.89 bits per heavy atom. The molecule has 1 unspecified atom stereocenters. The van der Waals surface area contributed by atoms with E-state index < -0.39 is 15.8 Å². The van der Waals surface area contributed by atoms with Crippen LogP contribution in [0, 0.1) is 5.82 Å². The largest absolute Gasteiger partial charge is 0.243 e. The van der Waals surface area contributed by atoms with Crippen molar-refractivity contribution in [2.24, 2.45) is 4.99 Å². The SMILES string of the molecule is O=C=NC1CCCN(S(=O)(=O)c2cccc(F)c2)C1. The lowest BCUT2D eigenvalue weighted by atomic mass is 10.1. The van der Waals surface area contributed by atoms with Crippen molar-refractivity contribution >= 4 is 16.1 Å². The summed E-state index contributed by atoms with van der Waals surface area (Å²) in [5.41, 5.74) is 0. The summed E-state index contributed by atoms with van der Waals surface area (Å²) in [7, 11) is -3.73. The second kappa shape index (κ2) is 5.61. The summed E-state index contributed by atoms with van der Waals surface area (Å²) < 4.78 is 39.0. The summed E-state index contributed by atoms with van der Waals surface area (Å²) in [5.74, 6) is -0.597. The molecule has 2 rings (SSSR count). The molecule has 0 amide bonds. The molecule has 7 heteroatoms. The van der Waals surface area contributed by atoms with E-state index in [-0.39, 0.29) is 17.5 Å². The van der Waals surface area contributed by atoms with E-state index in [0.29, 0.717) is 19.4 Å². The zero-order valence-electron chi connectivity index (χ0n) is 10.1. The van der Waals surface area contributed by atoms with Gasteiger partial charge in [-0.2, -0.15) is 4.31 Å². The molecule has 1 aromatic rings. The van der Waals surface area contributed by atoms with Gasteiger partial charge in [0.25, 0.3) is 0 Å². The van der Waals surface area contributed by atoms with E-state index in [1.54, 1.807) is 0 Å². The van der Waals surface area contributed by atoms with Crippen molar-refractivity contribution in [2.45, 2.75) is 23.8 Å². The predicted molar refractivity (Wildman–Crippen MR) is 66.3 cm³/mol. The second-order valence-electron chi connectivity index (χ2n) is 4.34. The van der Waals surface area contributed by atoms with Gasteiger partial charge in [0.15, 0.2) is 0 Å². The maximum atomic E-state index is 13.1. The standard InChI is InChI=1S/C12H13FN2O3S/c13-10-3-1-5-12(7-10)19(17,18)15-6-2-4-11(8-15)14-9-16/h1,3,5,7,11H,2,4,6,8H2. The van der Waals surface area contributed by atoms with E-state index in [4.69, 9.17) is 0 Å². The third-order valence-corrected chi connectivity index (χ3v) is 4.89. The van der Waals surface area contributed by atoms with E-state index in [1.807, 2.05) is 0 Å². The summed E-state index contributed by atoms with van der Waals surface area (Å²) in [6.45, 7) is 0.484. The molecule has 102 valence electrons. The highest BCUT2D eigenvalue weighted by molar-refractivity contribution is 7.89. The lowest BCUT2D eigenvalue weighted by molar-refractivity contribution is 0.316. The minimum atomic E-state index is -3.73. The fourth-order valence-corrected chi connectivity index (χ4v) is 3.64. The summed E-state index contributed by atoms with van der Waals surface area (Å²) in [6.07, 6.45) is 2.72. The van der Waals surface area contributed by atoms with Gasteiger partial charge in [0.05, 0.1) is 10.9 Å². The van der Waals surface area contributed by atoms with E-state index in [9.17, 15) is 17.6 Å². The lowest BCUT2D eigenvalue weighted by Crippen LogP contribution is -2.41. The Bertz CT molecular complexity index is 611. The number of rotatable bonds is 3. The van der Waals surface area contributed by atoms with Crippen molar-refractivity contribution in [3.63, 3.8) is 0 Å². The van der Waals surface area contributed by atoms with Gasteiger partial charge < -0.3 is 0 Å². The topological polar surface area (TPSA) is 66.8 Å². The molecule has 0 saturated carbocycles. The molecule has 1 aliphatic rings. The maximum absolute atomic E-state index is 13.1. The average molecular weight is 284 g/mol. The second-order valence-corrected chi connectivity index (χ2v) is 6.27. The Hall–Kier alpha value is -1.56. The van der Waals surface area contributed by atoms with E-state index in [2.05, 4.69) is 4.99 Å². The Labute approximate surface area is 110 Å². The number of isocyanates is 1. The number of halogens is 1. The van der Waals surface area contributed by atoms with Gasteiger partial charge in [-0.3, -0.25) is 0 Å². The van der Waals surface area contributed by atoms with Gasteiger partial charge in [-0.1, -0.05) is 6.07 Å². The summed E-state index contributed by atoms with van der Waals surface area (Å²) >= 11 is 0. The summed E-state index contributed by atoms with van der Waals surface area (Å²) in [5, 5.41) is 0. The maximum Gasteiger partial charge on any atom is 0.243 e. The molecule has 19 heavy (non-hydrogen) atoms. The van der Waals surface area contributed by atoms with Crippen LogP contribution in [0.25, 0.3) is 0 Å². The number of nitrogens with zero attached hydrogens (tertiary/aromatic N) is 2. The first-order valence-electron chi connectivity index (χ1n) is 5.87. The van der Waals surface area contributed by atoms with Gasteiger partial charge in [0, 0.05) is 13.1 Å². The number of piperidine rings is 1. The third-order valence-electron chi connectivity index (χ3n) is 3.03. The zero-order valence-corrected chi connectivity index (χ0v) is 10.9. The minimum Gasteiger partial charge on any atom is -0.211 e. The van der Waals surface area contributed by atoms with Crippen molar-refractivity contribution in [2.75, 3.05) is 13.1 Å². The highest BCUT2D eigenvalue weighted by Gasteiger charge is 2.30. The molecule has 5 nitrogen and oxygen atoms in total. The molecule has 0 bridgehead atoms. The molecule has 1 fully saturated rings. The van der Waals surface area contributed by atoms with Crippen LogP contribution in [0.15, 0.2) is 34.2 Å². The van der Waals surface area contributed by atoms with Crippen molar-refractivity contribution in [1.29, 1.82) is 0 Å². The highest BCUT2D eigenvalue weighted by Crippen LogP contribution is 2.22. The quantitative estimate of drug-likeness (QED) is 0.621. The van der Waals surface area contributed by atoms with Crippen LogP contribution in [0.4, 0.5) is 4.39 Å². The molecule has 1 aliphatic heterocycles. The Morgan fingerprint density at radius 1 is 1.42 bits per heavy atom. The Morgan fingerprint density at radius 2 is 2.21 bits per heavy atom. The normalized spacial score (nSPS) is 20.8. The average Bonchev–Trinajstić information content (AvgIpc) is 2.39. The van der Waals surface area contributed by atoms with Gasteiger partial charge in [-0.05, 0) is 31.0 Å². The predicted octanol–water partition coefficient (Wildman–Crippen LogP) is 1.31. The van der Waals surface area contributed by atoms with E-state index >= 15 is 0 Å². The van der Waals surface area contributed by atoms with E-state index in [1.165, 1.54) is 28.6 Å². The van der Waals surface area contributed by atoms with Crippen molar-refractivity contribution in [3.05, 3.63) is 30.1 Å². The molecule has 0 radical (unpaired) electrons. The number of sulfonamides is 1. The Kier molecular flexibility index (Phi) is 4.09.